The smallest absolute Gasteiger partial charge is 0.170 e. The summed E-state index contributed by atoms with van der Waals surface area (Å²) in [7, 11) is 0. The van der Waals surface area contributed by atoms with E-state index in [4.69, 9.17) is 4.74 Å². The number of pyridine rings is 1. The maximum atomic E-state index is 14.6. The average molecular weight is 295 g/mol. The number of likely N-dealkylation sites (N-methyl/N-ethyl adjacent to an activating group) is 1. The van der Waals surface area contributed by atoms with Crippen molar-refractivity contribution in [1.29, 1.82) is 0 Å². The van der Waals surface area contributed by atoms with Gasteiger partial charge in [0.25, 0.3) is 0 Å². The molecule has 1 aromatic rings. The van der Waals surface area contributed by atoms with Crippen molar-refractivity contribution in [3.05, 3.63) is 23.6 Å². The first-order chi connectivity index (χ1) is 10.3. The number of halogens is 1. The van der Waals surface area contributed by atoms with Crippen molar-refractivity contribution in [2.45, 2.75) is 45.8 Å². The second-order valence-corrected chi connectivity index (χ2v) is 5.46. The molecule has 1 aliphatic heterocycles. The highest BCUT2D eigenvalue weighted by Crippen LogP contribution is 2.22. The fraction of sp³-hybridized carbons (Fsp3) is 0.688. The normalized spacial score (nSPS) is 18.1. The first-order valence-corrected chi connectivity index (χ1v) is 7.96. The Morgan fingerprint density at radius 2 is 2.33 bits per heavy atom. The van der Waals surface area contributed by atoms with Crippen LogP contribution in [0.15, 0.2) is 12.3 Å². The Kier molecular flexibility index (Phi) is 6.39. The SMILES string of the molecule is CCCNCc1ccnc(N(CC)CC2CCCO2)c1F. The number of nitrogens with zero attached hydrogens (tertiary/aromatic N) is 2. The van der Waals surface area contributed by atoms with Crippen LogP contribution in [0.1, 0.15) is 38.7 Å². The third kappa shape index (κ3) is 4.38. The van der Waals surface area contributed by atoms with E-state index in [2.05, 4.69) is 17.2 Å². The van der Waals surface area contributed by atoms with Gasteiger partial charge in [-0.1, -0.05) is 6.92 Å². The molecule has 0 saturated carbocycles. The van der Waals surface area contributed by atoms with Crippen LogP contribution >= 0.6 is 0 Å². The Bertz CT molecular complexity index is 436. The van der Waals surface area contributed by atoms with Crippen LogP contribution in [-0.4, -0.2) is 37.3 Å². The number of nitrogens with one attached hydrogen (secondary N) is 1. The van der Waals surface area contributed by atoms with E-state index in [1.807, 2.05) is 11.8 Å². The summed E-state index contributed by atoms with van der Waals surface area (Å²) < 4.78 is 20.3. The lowest BCUT2D eigenvalue weighted by atomic mass is 10.2. The zero-order chi connectivity index (χ0) is 15.1. The highest BCUT2D eigenvalue weighted by Gasteiger charge is 2.22. The van der Waals surface area contributed by atoms with E-state index in [0.29, 0.717) is 24.5 Å². The standard InChI is InChI=1S/C16H26FN3O/c1-3-8-18-11-13-7-9-19-16(15(13)17)20(4-2)12-14-6-5-10-21-14/h7,9,14,18H,3-6,8,10-12H2,1-2H3. The van der Waals surface area contributed by atoms with Gasteiger partial charge in [0.05, 0.1) is 6.10 Å². The number of anilines is 1. The largest absolute Gasteiger partial charge is 0.376 e. The molecule has 21 heavy (non-hydrogen) atoms. The first-order valence-electron chi connectivity index (χ1n) is 7.96. The third-order valence-electron chi connectivity index (χ3n) is 3.82. The van der Waals surface area contributed by atoms with Crippen molar-refractivity contribution < 1.29 is 9.13 Å². The van der Waals surface area contributed by atoms with Crippen LogP contribution in [0.25, 0.3) is 0 Å². The molecule has 0 spiro atoms. The van der Waals surface area contributed by atoms with Crippen molar-refractivity contribution in [2.24, 2.45) is 0 Å². The zero-order valence-corrected chi connectivity index (χ0v) is 13.1. The van der Waals surface area contributed by atoms with Gasteiger partial charge in [-0.2, -0.15) is 0 Å². The molecule has 1 unspecified atom stereocenters. The summed E-state index contributed by atoms with van der Waals surface area (Å²) in [6, 6.07) is 1.75. The van der Waals surface area contributed by atoms with Crippen LogP contribution in [-0.2, 0) is 11.3 Å². The van der Waals surface area contributed by atoms with Crippen molar-refractivity contribution in [1.82, 2.24) is 10.3 Å². The number of aromatic nitrogens is 1. The quantitative estimate of drug-likeness (QED) is 0.748. The van der Waals surface area contributed by atoms with Gasteiger partial charge in [-0.3, -0.25) is 0 Å². The molecule has 0 amide bonds. The van der Waals surface area contributed by atoms with Crippen LogP contribution < -0.4 is 10.2 Å². The fourth-order valence-electron chi connectivity index (χ4n) is 2.63. The molecule has 0 aromatic carbocycles. The van der Waals surface area contributed by atoms with Gasteiger partial charge in [-0.15, -0.1) is 0 Å². The van der Waals surface area contributed by atoms with Crippen molar-refractivity contribution in [2.75, 3.05) is 31.1 Å². The predicted octanol–water partition coefficient (Wildman–Crippen LogP) is 2.73. The minimum atomic E-state index is -0.207. The van der Waals surface area contributed by atoms with Crippen molar-refractivity contribution >= 4 is 5.82 Å². The lowest BCUT2D eigenvalue weighted by molar-refractivity contribution is 0.115. The second kappa shape index (κ2) is 8.29. The van der Waals surface area contributed by atoms with E-state index in [0.717, 1.165) is 39.0 Å². The number of rotatable bonds is 8. The minimum absolute atomic E-state index is 0.202. The predicted molar refractivity (Wildman–Crippen MR) is 83.1 cm³/mol. The maximum Gasteiger partial charge on any atom is 0.170 e. The van der Waals surface area contributed by atoms with E-state index in [1.54, 1.807) is 12.3 Å². The Morgan fingerprint density at radius 3 is 3.00 bits per heavy atom. The number of hydrogen-bond donors (Lipinski definition) is 1. The van der Waals surface area contributed by atoms with Crippen molar-refractivity contribution in [3.8, 4) is 0 Å². The Morgan fingerprint density at radius 1 is 1.48 bits per heavy atom. The van der Waals surface area contributed by atoms with Crippen LogP contribution in [0.4, 0.5) is 10.2 Å². The van der Waals surface area contributed by atoms with E-state index in [-0.39, 0.29) is 11.9 Å². The van der Waals surface area contributed by atoms with Crippen LogP contribution in [0.5, 0.6) is 0 Å². The summed E-state index contributed by atoms with van der Waals surface area (Å²) in [4.78, 5) is 6.23. The molecule has 1 aliphatic rings. The molecule has 1 saturated heterocycles. The van der Waals surface area contributed by atoms with Gasteiger partial charge >= 0.3 is 0 Å². The Balaban J connectivity index is 2.06. The van der Waals surface area contributed by atoms with Crippen LogP contribution in [0.2, 0.25) is 0 Å². The van der Waals surface area contributed by atoms with E-state index in [1.165, 1.54) is 0 Å². The molecule has 1 N–H and O–H groups in total. The van der Waals surface area contributed by atoms with Crippen molar-refractivity contribution in [3.63, 3.8) is 0 Å². The van der Waals surface area contributed by atoms with E-state index < -0.39 is 0 Å². The Labute approximate surface area is 126 Å². The third-order valence-corrected chi connectivity index (χ3v) is 3.82. The molecule has 4 nitrogen and oxygen atoms in total. The molecule has 5 heteroatoms. The minimum Gasteiger partial charge on any atom is -0.376 e. The molecular formula is C16H26FN3O. The molecule has 1 aromatic heterocycles. The number of ether oxygens (including phenoxy) is 1. The lowest BCUT2D eigenvalue weighted by Gasteiger charge is -2.25. The summed E-state index contributed by atoms with van der Waals surface area (Å²) in [5.41, 5.74) is 0.680. The summed E-state index contributed by atoms with van der Waals surface area (Å²) in [5.74, 6) is 0.241. The van der Waals surface area contributed by atoms with Gasteiger partial charge in [-0.05, 0) is 38.8 Å². The fourth-order valence-corrected chi connectivity index (χ4v) is 2.63. The summed E-state index contributed by atoms with van der Waals surface area (Å²) >= 11 is 0. The van der Waals surface area contributed by atoms with Gasteiger partial charge in [0, 0.05) is 38.0 Å². The Hall–Kier alpha value is -1.20. The average Bonchev–Trinajstić information content (AvgIpc) is 3.00. The van der Waals surface area contributed by atoms with Gasteiger partial charge in [0.1, 0.15) is 0 Å². The highest BCUT2D eigenvalue weighted by molar-refractivity contribution is 5.43. The van der Waals surface area contributed by atoms with Gasteiger partial charge in [0.15, 0.2) is 11.6 Å². The second-order valence-electron chi connectivity index (χ2n) is 5.46. The summed E-state index contributed by atoms with van der Waals surface area (Å²) in [5, 5.41) is 3.24. The topological polar surface area (TPSA) is 37.4 Å². The van der Waals surface area contributed by atoms with E-state index in [9.17, 15) is 4.39 Å². The molecule has 0 aliphatic carbocycles. The highest BCUT2D eigenvalue weighted by atomic mass is 19.1. The lowest BCUT2D eigenvalue weighted by Crippen LogP contribution is -2.33. The van der Waals surface area contributed by atoms with Gasteiger partial charge in [0.2, 0.25) is 0 Å². The summed E-state index contributed by atoms with van der Waals surface area (Å²) in [6.07, 6.45) is 5.08. The molecular weight excluding hydrogens is 269 g/mol. The molecule has 1 atom stereocenters. The first kappa shape index (κ1) is 16.2. The molecule has 1 fully saturated rings. The molecule has 2 rings (SSSR count). The number of hydrogen-bond acceptors (Lipinski definition) is 4. The molecule has 0 bridgehead atoms. The molecule has 0 radical (unpaired) electrons. The maximum absolute atomic E-state index is 14.6. The summed E-state index contributed by atoms with van der Waals surface area (Å²) in [6.45, 7) is 7.83. The monoisotopic (exact) mass is 295 g/mol. The van der Waals surface area contributed by atoms with Gasteiger partial charge in [-0.25, -0.2) is 9.37 Å². The van der Waals surface area contributed by atoms with Crippen LogP contribution in [0.3, 0.4) is 0 Å². The van der Waals surface area contributed by atoms with Crippen LogP contribution in [0, 0.1) is 5.82 Å². The molecule has 118 valence electrons. The van der Waals surface area contributed by atoms with E-state index >= 15 is 0 Å². The van der Waals surface area contributed by atoms with Gasteiger partial charge < -0.3 is 15.0 Å². The molecule has 2 heterocycles. The zero-order valence-electron chi connectivity index (χ0n) is 13.1.